The molecular weight excluding hydrogens is 260 g/mol. The van der Waals surface area contributed by atoms with E-state index >= 15 is 0 Å². The summed E-state index contributed by atoms with van der Waals surface area (Å²) in [6.07, 6.45) is 2.34. The monoisotopic (exact) mass is 284 g/mol. The van der Waals surface area contributed by atoms with Crippen LogP contribution in [0.2, 0.25) is 0 Å². The molecule has 0 saturated carbocycles. The van der Waals surface area contributed by atoms with Crippen molar-refractivity contribution in [1.82, 2.24) is 4.98 Å². The van der Waals surface area contributed by atoms with Crippen LogP contribution in [0.5, 0.6) is 0 Å². The van der Waals surface area contributed by atoms with Crippen molar-refractivity contribution in [3.63, 3.8) is 0 Å². The molecule has 0 radical (unpaired) electrons. The van der Waals surface area contributed by atoms with E-state index in [9.17, 15) is 4.79 Å². The van der Waals surface area contributed by atoms with Crippen molar-refractivity contribution in [3.8, 4) is 0 Å². The van der Waals surface area contributed by atoms with Gasteiger partial charge in [0.1, 0.15) is 0 Å². The van der Waals surface area contributed by atoms with Gasteiger partial charge in [-0.25, -0.2) is 9.78 Å². The fourth-order valence-electron chi connectivity index (χ4n) is 2.00. The first kappa shape index (κ1) is 16.0. The SMILES string of the molecule is CCC(CC)CN(CC)c1nc(C(=O)OC)c(C)s1. The van der Waals surface area contributed by atoms with E-state index in [0.717, 1.165) is 23.1 Å². The van der Waals surface area contributed by atoms with Gasteiger partial charge in [-0.15, -0.1) is 11.3 Å². The number of aryl methyl sites for hydroxylation is 1. The van der Waals surface area contributed by atoms with Crippen LogP contribution in [0.3, 0.4) is 0 Å². The summed E-state index contributed by atoms with van der Waals surface area (Å²) in [5.74, 6) is 0.323. The van der Waals surface area contributed by atoms with Gasteiger partial charge in [-0.1, -0.05) is 26.7 Å². The molecule has 0 aliphatic heterocycles. The number of hydrogen-bond donors (Lipinski definition) is 0. The summed E-state index contributed by atoms with van der Waals surface area (Å²) in [6.45, 7) is 10.4. The molecule has 1 aromatic heterocycles. The van der Waals surface area contributed by atoms with Crippen molar-refractivity contribution in [2.75, 3.05) is 25.1 Å². The highest BCUT2D eigenvalue weighted by atomic mass is 32.1. The average molecular weight is 284 g/mol. The van der Waals surface area contributed by atoms with E-state index < -0.39 is 0 Å². The molecule has 0 fully saturated rings. The van der Waals surface area contributed by atoms with E-state index in [4.69, 9.17) is 4.74 Å². The van der Waals surface area contributed by atoms with Crippen LogP contribution in [0.4, 0.5) is 5.13 Å². The lowest BCUT2D eigenvalue weighted by atomic mass is 10.0. The Balaban J connectivity index is 2.90. The third-order valence-electron chi connectivity index (χ3n) is 3.45. The molecule has 0 aliphatic rings. The summed E-state index contributed by atoms with van der Waals surface area (Å²) in [6, 6.07) is 0. The molecule has 1 heterocycles. The fourth-order valence-corrected chi connectivity index (χ4v) is 2.97. The van der Waals surface area contributed by atoms with Gasteiger partial charge in [-0.2, -0.15) is 0 Å². The molecule has 5 heteroatoms. The fraction of sp³-hybridized carbons (Fsp3) is 0.714. The topological polar surface area (TPSA) is 42.4 Å². The van der Waals surface area contributed by atoms with E-state index in [1.54, 1.807) is 11.3 Å². The molecule has 0 saturated heterocycles. The van der Waals surface area contributed by atoms with Crippen molar-refractivity contribution in [2.45, 2.75) is 40.5 Å². The van der Waals surface area contributed by atoms with Crippen LogP contribution < -0.4 is 4.90 Å². The number of anilines is 1. The van der Waals surface area contributed by atoms with E-state index in [-0.39, 0.29) is 5.97 Å². The van der Waals surface area contributed by atoms with Crippen LogP contribution in [-0.2, 0) is 4.74 Å². The molecule has 0 aliphatic carbocycles. The van der Waals surface area contributed by atoms with Crippen LogP contribution in [0.25, 0.3) is 0 Å². The lowest BCUT2D eigenvalue weighted by Gasteiger charge is -2.24. The first-order chi connectivity index (χ1) is 9.07. The maximum absolute atomic E-state index is 11.6. The van der Waals surface area contributed by atoms with Crippen molar-refractivity contribution >= 4 is 22.4 Å². The van der Waals surface area contributed by atoms with Crippen LogP contribution in [0.15, 0.2) is 0 Å². The Morgan fingerprint density at radius 2 is 2.00 bits per heavy atom. The van der Waals surface area contributed by atoms with Gasteiger partial charge in [-0.05, 0) is 19.8 Å². The summed E-state index contributed by atoms with van der Waals surface area (Å²) in [5, 5.41) is 0.923. The maximum Gasteiger partial charge on any atom is 0.357 e. The van der Waals surface area contributed by atoms with Gasteiger partial charge >= 0.3 is 5.97 Å². The molecule has 0 spiro atoms. The molecule has 1 rings (SSSR count). The van der Waals surface area contributed by atoms with Crippen LogP contribution >= 0.6 is 11.3 Å². The van der Waals surface area contributed by atoms with E-state index in [1.165, 1.54) is 20.0 Å². The Bertz CT molecular complexity index is 414. The minimum absolute atomic E-state index is 0.349. The number of ether oxygens (including phenoxy) is 1. The van der Waals surface area contributed by atoms with Crippen molar-refractivity contribution in [2.24, 2.45) is 5.92 Å². The molecule has 0 N–H and O–H groups in total. The van der Waals surface area contributed by atoms with Gasteiger partial charge in [-0.3, -0.25) is 0 Å². The van der Waals surface area contributed by atoms with Crippen molar-refractivity contribution in [3.05, 3.63) is 10.6 Å². The lowest BCUT2D eigenvalue weighted by Crippen LogP contribution is -2.28. The Morgan fingerprint density at radius 3 is 2.47 bits per heavy atom. The van der Waals surface area contributed by atoms with Crippen molar-refractivity contribution < 1.29 is 9.53 Å². The highest BCUT2D eigenvalue weighted by molar-refractivity contribution is 7.15. The standard InChI is InChI=1S/C14H24N2O2S/c1-6-11(7-2)9-16(8-3)14-15-12(10(4)19-14)13(17)18-5/h11H,6-9H2,1-5H3. The third-order valence-corrected chi connectivity index (χ3v) is 4.48. The Morgan fingerprint density at radius 1 is 1.37 bits per heavy atom. The normalized spacial score (nSPS) is 10.8. The van der Waals surface area contributed by atoms with E-state index in [2.05, 4.69) is 30.7 Å². The second-order valence-corrected chi connectivity index (χ2v) is 5.80. The second-order valence-electron chi connectivity index (χ2n) is 4.61. The molecule has 108 valence electrons. The minimum Gasteiger partial charge on any atom is -0.464 e. The summed E-state index contributed by atoms with van der Waals surface area (Å²) in [4.78, 5) is 19.2. The Hall–Kier alpha value is -1.10. The zero-order chi connectivity index (χ0) is 14.4. The number of hydrogen-bond acceptors (Lipinski definition) is 5. The number of nitrogens with zero attached hydrogens (tertiary/aromatic N) is 2. The second kappa shape index (κ2) is 7.48. The summed E-state index contributed by atoms with van der Waals surface area (Å²) in [5.41, 5.74) is 0.450. The Kier molecular flexibility index (Phi) is 6.28. The molecule has 0 amide bonds. The van der Waals surface area contributed by atoms with Gasteiger partial charge in [0.15, 0.2) is 10.8 Å². The summed E-state index contributed by atoms with van der Waals surface area (Å²) in [7, 11) is 1.39. The zero-order valence-corrected chi connectivity index (χ0v) is 13.3. The van der Waals surface area contributed by atoms with E-state index in [1.807, 2.05) is 6.92 Å². The molecule has 0 unspecified atom stereocenters. The van der Waals surface area contributed by atoms with Gasteiger partial charge in [0.05, 0.1) is 7.11 Å². The molecular formula is C14H24N2O2S. The first-order valence-electron chi connectivity index (χ1n) is 6.87. The number of thiazole rings is 1. The van der Waals surface area contributed by atoms with Crippen LogP contribution in [-0.4, -0.2) is 31.2 Å². The van der Waals surface area contributed by atoms with Gasteiger partial charge in [0.2, 0.25) is 0 Å². The predicted octanol–water partition coefficient (Wildman–Crippen LogP) is 3.50. The molecule has 19 heavy (non-hydrogen) atoms. The van der Waals surface area contributed by atoms with E-state index in [0.29, 0.717) is 11.6 Å². The average Bonchev–Trinajstić information content (AvgIpc) is 2.81. The number of aromatic nitrogens is 1. The zero-order valence-electron chi connectivity index (χ0n) is 12.5. The molecule has 0 bridgehead atoms. The molecule has 0 aromatic carbocycles. The highest BCUT2D eigenvalue weighted by Gasteiger charge is 2.20. The van der Waals surface area contributed by atoms with Gasteiger partial charge < -0.3 is 9.64 Å². The highest BCUT2D eigenvalue weighted by Crippen LogP contribution is 2.27. The molecule has 4 nitrogen and oxygen atoms in total. The number of methoxy groups -OCH3 is 1. The minimum atomic E-state index is -0.349. The number of esters is 1. The number of carbonyl (C=O) groups excluding carboxylic acids is 1. The predicted molar refractivity (Wildman–Crippen MR) is 80.1 cm³/mol. The summed E-state index contributed by atoms with van der Waals surface area (Å²) < 4.78 is 4.75. The quantitative estimate of drug-likeness (QED) is 0.719. The van der Waals surface area contributed by atoms with Gasteiger partial charge in [0.25, 0.3) is 0 Å². The molecule has 1 aromatic rings. The smallest absolute Gasteiger partial charge is 0.357 e. The number of carbonyl (C=O) groups is 1. The Labute approximate surface area is 119 Å². The maximum atomic E-state index is 11.6. The van der Waals surface area contributed by atoms with Crippen LogP contribution in [0.1, 0.15) is 49.0 Å². The summed E-state index contributed by atoms with van der Waals surface area (Å²) >= 11 is 1.57. The van der Waals surface area contributed by atoms with Gasteiger partial charge in [0, 0.05) is 18.0 Å². The van der Waals surface area contributed by atoms with Crippen LogP contribution in [0, 0.1) is 12.8 Å². The third kappa shape index (κ3) is 3.93. The first-order valence-corrected chi connectivity index (χ1v) is 7.69. The largest absolute Gasteiger partial charge is 0.464 e. The van der Waals surface area contributed by atoms with Crippen molar-refractivity contribution in [1.29, 1.82) is 0 Å². The lowest BCUT2D eigenvalue weighted by molar-refractivity contribution is 0.0594. The number of rotatable bonds is 7. The molecule has 0 atom stereocenters.